The van der Waals surface area contributed by atoms with Crippen LogP contribution in [0, 0.1) is 6.92 Å². The van der Waals surface area contributed by atoms with E-state index < -0.39 is 24.4 Å². The highest BCUT2D eigenvalue weighted by atomic mass is 16.5. The molecule has 32 heavy (non-hydrogen) atoms. The van der Waals surface area contributed by atoms with Gasteiger partial charge in [-0.05, 0) is 47.7 Å². The van der Waals surface area contributed by atoms with Crippen molar-refractivity contribution in [3.63, 3.8) is 0 Å². The van der Waals surface area contributed by atoms with Crippen LogP contribution in [0.15, 0.2) is 72.8 Å². The van der Waals surface area contributed by atoms with Crippen LogP contribution in [0.5, 0.6) is 0 Å². The number of amides is 2. The van der Waals surface area contributed by atoms with Crippen LogP contribution >= 0.6 is 0 Å². The Morgan fingerprint density at radius 3 is 2.22 bits per heavy atom. The fourth-order valence-corrected chi connectivity index (χ4v) is 3.27. The number of hydrogen-bond donors (Lipinski definition) is 2. The van der Waals surface area contributed by atoms with E-state index in [2.05, 4.69) is 10.6 Å². The van der Waals surface area contributed by atoms with Crippen LogP contribution in [0.3, 0.4) is 0 Å². The molecule has 2 N–H and O–H groups in total. The highest BCUT2D eigenvalue weighted by Gasteiger charge is 2.13. The van der Waals surface area contributed by atoms with E-state index in [-0.39, 0.29) is 6.54 Å². The predicted octanol–water partition coefficient (Wildman–Crippen LogP) is 4.14. The maximum Gasteiger partial charge on any atom is 0.325 e. The summed E-state index contributed by atoms with van der Waals surface area (Å²) in [5.41, 5.74) is 5.17. The number of rotatable bonds is 8. The molecular weight excluding hydrogens is 404 g/mol. The van der Waals surface area contributed by atoms with Crippen molar-refractivity contribution in [1.82, 2.24) is 5.32 Å². The fourth-order valence-electron chi connectivity index (χ4n) is 3.27. The molecule has 0 heterocycles. The number of esters is 1. The summed E-state index contributed by atoms with van der Waals surface area (Å²) in [5, 5.41) is 5.30. The topological polar surface area (TPSA) is 84.5 Å². The number of hydrogen-bond acceptors (Lipinski definition) is 4. The van der Waals surface area contributed by atoms with Gasteiger partial charge in [-0.2, -0.15) is 0 Å². The Morgan fingerprint density at radius 2 is 1.53 bits per heavy atom. The Hall–Kier alpha value is -3.93. The lowest BCUT2D eigenvalue weighted by Gasteiger charge is -2.13. The first kappa shape index (κ1) is 22.7. The molecule has 0 atom stereocenters. The summed E-state index contributed by atoms with van der Waals surface area (Å²) in [5.74, 6) is -1.50. The number of para-hydroxylation sites is 1. The van der Waals surface area contributed by atoms with E-state index in [1.165, 1.54) is 0 Å². The van der Waals surface area contributed by atoms with Crippen LogP contribution in [-0.2, 0) is 20.7 Å². The van der Waals surface area contributed by atoms with Gasteiger partial charge >= 0.3 is 5.97 Å². The highest BCUT2D eigenvalue weighted by Crippen LogP contribution is 2.21. The molecule has 164 valence electrons. The molecule has 0 spiro atoms. The van der Waals surface area contributed by atoms with Gasteiger partial charge < -0.3 is 15.4 Å². The lowest BCUT2D eigenvalue weighted by molar-refractivity contribution is -0.146. The van der Waals surface area contributed by atoms with E-state index in [1.54, 1.807) is 12.1 Å². The minimum atomic E-state index is -0.685. The smallest absolute Gasteiger partial charge is 0.325 e. The predicted molar refractivity (Wildman–Crippen MR) is 124 cm³/mol. The highest BCUT2D eigenvalue weighted by molar-refractivity contribution is 5.97. The summed E-state index contributed by atoms with van der Waals surface area (Å²) in [6.07, 6.45) is 0.773. The molecule has 0 bridgehead atoms. The first-order chi connectivity index (χ1) is 15.5. The number of carbonyl (C=O) groups is 3. The van der Waals surface area contributed by atoms with Crippen molar-refractivity contribution in [2.75, 3.05) is 18.5 Å². The molecule has 0 aliphatic rings. The maximum atomic E-state index is 12.3. The fraction of sp³-hybridized carbons (Fsp3) is 0.192. The number of ether oxygens (including phenoxy) is 1. The van der Waals surface area contributed by atoms with Crippen molar-refractivity contribution in [2.24, 2.45) is 0 Å². The molecule has 0 aliphatic carbocycles. The first-order valence-electron chi connectivity index (χ1n) is 10.5. The number of carbonyl (C=O) groups excluding carboxylic acids is 3. The van der Waals surface area contributed by atoms with Crippen LogP contribution in [0.4, 0.5) is 5.69 Å². The van der Waals surface area contributed by atoms with Gasteiger partial charge in [0.2, 0.25) is 0 Å². The summed E-state index contributed by atoms with van der Waals surface area (Å²) in [6, 6.07) is 22.7. The lowest BCUT2D eigenvalue weighted by atomic mass is 10.0. The zero-order valence-electron chi connectivity index (χ0n) is 18.2. The number of anilines is 1. The largest absolute Gasteiger partial charge is 0.454 e. The first-order valence-corrected chi connectivity index (χ1v) is 10.5. The minimum Gasteiger partial charge on any atom is -0.454 e. The van der Waals surface area contributed by atoms with E-state index in [0.717, 1.165) is 34.4 Å². The molecule has 0 aromatic heterocycles. The van der Waals surface area contributed by atoms with Gasteiger partial charge in [0.15, 0.2) is 6.61 Å². The van der Waals surface area contributed by atoms with E-state index in [0.29, 0.717) is 5.56 Å². The van der Waals surface area contributed by atoms with E-state index >= 15 is 0 Å². The van der Waals surface area contributed by atoms with Crippen molar-refractivity contribution in [3.05, 3.63) is 89.5 Å². The summed E-state index contributed by atoms with van der Waals surface area (Å²) in [7, 11) is 0. The SMILES string of the molecule is CCc1cccc(C)c1NC(=O)COC(=O)CNC(=O)c1ccc(-c2ccccc2)cc1. The van der Waals surface area contributed by atoms with Gasteiger partial charge in [0.25, 0.3) is 11.8 Å². The second kappa shape index (κ2) is 10.9. The van der Waals surface area contributed by atoms with Gasteiger partial charge in [-0.3, -0.25) is 14.4 Å². The van der Waals surface area contributed by atoms with E-state index in [4.69, 9.17) is 4.74 Å². The zero-order valence-corrected chi connectivity index (χ0v) is 18.2. The quantitative estimate of drug-likeness (QED) is 0.526. The third-order valence-corrected chi connectivity index (χ3v) is 5.02. The van der Waals surface area contributed by atoms with Gasteiger partial charge in [0.1, 0.15) is 6.54 Å². The van der Waals surface area contributed by atoms with Gasteiger partial charge in [0, 0.05) is 11.3 Å². The van der Waals surface area contributed by atoms with Crippen LogP contribution < -0.4 is 10.6 Å². The Kier molecular flexibility index (Phi) is 7.75. The van der Waals surface area contributed by atoms with Crippen LogP contribution in [0.2, 0.25) is 0 Å². The third kappa shape index (κ3) is 6.04. The van der Waals surface area contributed by atoms with Crippen LogP contribution in [0.25, 0.3) is 11.1 Å². The molecule has 0 unspecified atom stereocenters. The van der Waals surface area contributed by atoms with Crippen molar-refractivity contribution >= 4 is 23.5 Å². The average Bonchev–Trinajstić information content (AvgIpc) is 2.83. The number of benzene rings is 3. The van der Waals surface area contributed by atoms with Crippen molar-refractivity contribution in [1.29, 1.82) is 0 Å². The van der Waals surface area contributed by atoms with Crippen LogP contribution in [-0.4, -0.2) is 30.9 Å². The Bertz CT molecular complexity index is 1090. The number of nitrogens with one attached hydrogen (secondary N) is 2. The molecule has 0 fully saturated rings. The molecule has 0 saturated carbocycles. The Morgan fingerprint density at radius 1 is 0.844 bits per heavy atom. The van der Waals surface area contributed by atoms with E-state index in [1.807, 2.05) is 74.5 Å². The summed E-state index contributed by atoms with van der Waals surface area (Å²) >= 11 is 0. The molecular formula is C26H26N2O4. The standard InChI is InChI=1S/C26H26N2O4/c1-3-19-11-7-8-18(2)25(19)28-23(29)17-32-24(30)16-27-26(31)22-14-12-21(13-15-22)20-9-5-4-6-10-20/h4-15H,3,16-17H2,1-2H3,(H,27,31)(H,28,29). The molecule has 3 aromatic rings. The second-order valence-corrected chi connectivity index (χ2v) is 7.30. The molecule has 6 heteroatoms. The zero-order chi connectivity index (χ0) is 22.9. The number of aryl methyl sites for hydroxylation is 2. The molecule has 0 aliphatic heterocycles. The summed E-state index contributed by atoms with van der Waals surface area (Å²) in [6.45, 7) is 3.17. The van der Waals surface area contributed by atoms with Gasteiger partial charge in [-0.15, -0.1) is 0 Å². The Labute approximate surface area is 187 Å². The van der Waals surface area contributed by atoms with Crippen molar-refractivity contribution < 1.29 is 19.1 Å². The van der Waals surface area contributed by atoms with Gasteiger partial charge in [-0.25, -0.2) is 0 Å². The van der Waals surface area contributed by atoms with Crippen molar-refractivity contribution in [3.8, 4) is 11.1 Å². The second-order valence-electron chi connectivity index (χ2n) is 7.30. The molecule has 0 saturated heterocycles. The monoisotopic (exact) mass is 430 g/mol. The summed E-state index contributed by atoms with van der Waals surface area (Å²) in [4.78, 5) is 36.4. The van der Waals surface area contributed by atoms with Crippen LogP contribution in [0.1, 0.15) is 28.4 Å². The third-order valence-electron chi connectivity index (χ3n) is 5.02. The minimum absolute atomic E-state index is 0.322. The summed E-state index contributed by atoms with van der Waals surface area (Å²) < 4.78 is 4.99. The van der Waals surface area contributed by atoms with Gasteiger partial charge in [-0.1, -0.05) is 67.6 Å². The average molecular weight is 431 g/mol. The normalized spacial score (nSPS) is 10.3. The molecule has 0 radical (unpaired) electrons. The molecule has 3 aromatic carbocycles. The van der Waals surface area contributed by atoms with Crippen molar-refractivity contribution in [2.45, 2.75) is 20.3 Å². The molecule has 3 rings (SSSR count). The lowest BCUT2D eigenvalue weighted by Crippen LogP contribution is -2.32. The molecule has 2 amide bonds. The Balaban J connectivity index is 1.45. The van der Waals surface area contributed by atoms with Gasteiger partial charge in [0.05, 0.1) is 0 Å². The van der Waals surface area contributed by atoms with E-state index in [9.17, 15) is 14.4 Å². The molecule has 6 nitrogen and oxygen atoms in total. The maximum absolute atomic E-state index is 12.3.